The predicted molar refractivity (Wildman–Crippen MR) is 93.8 cm³/mol. The van der Waals surface area contributed by atoms with E-state index in [2.05, 4.69) is 44.9 Å². The van der Waals surface area contributed by atoms with Crippen molar-refractivity contribution in [2.24, 2.45) is 0 Å². The van der Waals surface area contributed by atoms with E-state index >= 15 is 0 Å². The van der Waals surface area contributed by atoms with Gasteiger partial charge in [-0.25, -0.2) is 0 Å². The quantitative estimate of drug-likeness (QED) is 0.932. The Bertz CT molecular complexity index is 684. The number of aliphatic hydroxyl groups is 1. The van der Waals surface area contributed by atoms with Gasteiger partial charge in [-0.3, -0.25) is 4.68 Å². The number of fused-ring (bicyclic) bond motifs is 1. The van der Waals surface area contributed by atoms with E-state index in [9.17, 15) is 5.11 Å². The van der Waals surface area contributed by atoms with Crippen LogP contribution in [0.3, 0.4) is 0 Å². The van der Waals surface area contributed by atoms with Gasteiger partial charge in [-0.05, 0) is 58.4 Å². The van der Waals surface area contributed by atoms with Crippen LogP contribution >= 0.6 is 0 Å². The molecule has 0 bridgehead atoms. The lowest BCUT2D eigenvalue weighted by Gasteiger charge is -2.42. The molecule has 0 unspecified atom stereocenters. The van der Waals surface area contributed by atoms with Gasteiger partial charge in [-0.1, -0.05) is 39.8 Å². The Hall–Kier alpha value is -1.61. The van der Waals surface area contributed by atoms with Crippen LogP contribution in [-0.4, -0.2) is 21.5 Å². The van der Waals surface area contributed by atoms with Gasteiger partial charge in [-0.2, -0.15) is 5.10 Å². The van der Waals surface area contributed by atoms with E-state index in [0.717, 1.165) is 6.54 Å². The Morgan fingerprint density at radius 2 is 1.65 bits per heavy atom. The van der Waals surface area contributed by atoms with E-state index in [1.807, 2.05) is 23.1 Å². The zero-order valence-corrected chi connectivity index (χ0v) is 14.8. The van der Waals surface area contributed by atoms with Crippen LogP contribution in [0, 0.1) is 0 Å². The van der Waals surface area contributed by atoms with Crippen LogP contribution in [0.1, 0.15) is 62.8 Å². The van der Waals surface area contributed by atoms with Crippen LogP contribution in [0.25, 0.3) is 0 Å². The van der Waals surface area contributed by atoms with Crippen molar-refractivity contribution in [1.82, 2.24) is 9.78 Å². The molecule has 3 heteroatoms. The normalized spacial score (nSPS) is 18.7. The Morgan fingerprint density at radius 3 is 2.17 bits per heavy atom. The van der Waals surface area contributed by atoms with Crippen molar-refractivity contribution in [3.8, 4) is 0 Å². The number of nitrogens with zero attached hydrogens (tertiary/aromatic N) is 2. The molecule has 0 spiro atoms. The summed E-state index contributed by atoms with van der Waals surface area (Å²) in [5.41, 5.74) is 5.89. The Kier molecular flexibility index (Phi) is 4.09. The van der Waals surface area contributed by atoms with E-state index in [4.69, 9.17) is 0 Å². The van der Waals surface area contributed by atoms with Crippen molar-refractivity contribution in [3.63, 3.8) is 0 Å². The zero-order chi connectivity index (χ0) is 16.7. The van der Waals surface area contributed by atoms with Crippen molar-refractivity contribution in [3.05, 3.63) is 52.8 Å². The second-order valence-corrected chi connectivity index (χ2v) is 8.11. The fourth-order valence-corrected chi connectivity index (χ4v) is 3.77. The van der Waals surface area contributed by atoms with Crippen LogP contribution in [0.2, 0.25) is 0 Å². The van der Waals surface area contributed by atoms with Gasteiger partial charge in [0.15, 0.2) is 0 Å². The minimum Gasteiger partial charge on any atom is -0.396 e. The molecule has 0 aliphatic heterocycles. The first-order valence-corrected chi connectivity index (χ1v) is 8.58. The molecule has 0 fully saturated rings. The molecule has 1 aliphatic rings. The minimum atomic E-state index is 0.189. The molecule has 1 N–H and O–H groups in total. The van der Waals surface area contributed by atoms with Crippen LogP contribution in [-0.2, 0) is 23.8 Å². The summed E-state index contributed by atoms with van der Waals surface area (Å²) in [6, 6.07) is 6.69. The molecule has 2 aromatic rings. The highest BCUT2D eigenvalue weighted by Gasteiger charge is 2.37. The maximum Gasteiger partial charge on any atom is 0.0662 e. The van der Waals surface area contributed by atoms with Gasteiger partial charge in [0.1, 0.15) is 0 Å². The molecule has 124 valence electrons. The second-order valence-electron chi connectivity index (χ2n) is 8.11. The Labute approximate surface area is 139 Å². The summed E-state index contributed by atoms with van der Waals surface area (Å²) in [7, 11) is 0. The summed E-state index contributed by atoms with van der Waals surface area (Å²) in [4.78, 5) is 0. The molecule has 1 aromatic carbocycles. The van der Waals surface area contributed by atoms with E-state index in [1.165, 1.54) is 35.1 Å². The van der Waals surface area contributed by atoms with Crippen LogP contribution in [0.15, 0.2) is 30.6 Å². The summed E-state index contributed by atoms with van der Waals surface area (Å²) in [6.07, 6.45) is 6.95. The minimum absolute atomic E-state index is 0.189. The van der Waals surface area contributed by atoms with Gasteiger partial charge in [-0.15, -0.1) is 0 Å². The van der Waals surface area contributed by atoms with Gasteiger partial charge in [0.05, 0.1) is 6.54 Å². The average molecular weight is 312 g/mol. The lowest BCUT2D eigenvalue weighted by molar-refractivity contribution is 0.298. The number of hydrogen-bond acceptors (Lipinski definition) is 2. The van der Waals surface area contributed by atoms with Gasteiger partial charge in [0.2, 0.25) is 0 Å². The number of aliphatic hydroxyl groups excluding tert-OH is 1. The summed E-state index contributed by atoms with van der Waals surface area (Å²) < 4.78 is 1.96. The number of aromatic nitrogens is 2. The molecule has 1 aliphatic carbocycles. The second kappa shape index (κ2) is 5.79. The smallest absolute Gasteiger partial charge is 0.0662 e. The van der Waals surface area contributed by atoms with Gasteiger partial charge < -0.3 is 5.11 Å². The maximum atomic E-state index is 9.48. The Balaban J connectivity index is 2.12. The zero-order valence-electron chi connectivity index (χ0n) is 14.8. The third-order valence-electron chi connectivity index (χ3n) is 5.45. The van der Waals surface area contributed by atoms with E-state index < -0.39 is 0 Å². The SMILES string of the molecule is CC1(C)CCC(C)(C)c2cc(Cn3cccn3)c(CCO)cc21. The highest BCUT2D eigenvalue weighted by molar-refractivity contribution is 5.47. The molecule has 0 radical (unpaired) electrons. The third-order valence-corrected chi connectivity index (χ3v) is 5.45. The maximum absolute atomic E-state index is 9.48. The van der Waals surface area contributed by atoms with Crippen molar-refractivity contribution in [1.29, 1.82) is 0 Å². The van der Waals surface area contributed by atoms with Crippen LogP contribution in [0.5, 0.6) is 0 Å². The number of hydrogen-bond donors (Lipinski definition) is 1. The summed E-state index contributed by atoms with van der Waals surface area (Å²) in [5.74, 6) is 0. The van der Waals surface area contributed by atoms with E-state index in [0.29, 0.717) is 6.42 Å². The first-order chi connectivity index (χ1) is 10.8. The number of rotatable bonds is 4. The van der Waals surface area contributed by atoms with Gasteiger partial charge >= 0.3 is 0 Å². The molecule has 0 saturated heterocycles. The molecular weight excluding hydrogens is 284 g/mol. The first kappa shape index (κ1) is 16.3. The highest BCUT2D eigenvalue weighted by Crippen LogP contribution is 2.46. The largest absolute Gasteiger partial charge is 0.396 e. The van der Waals surface area contributed by atoms with Crippen LogP contribution < -0.4 is 0 Å². The van der Waals surface area contributed by atoms with Crippen molar-refractivity contribution >= 4 is 0 Å². The van der Waals surface area contributed by atoms with Gasteiger partial charge in [0, 0.05) is 19.0 Å². The molecule has 1 aromatic heterocycles. The molecule has 3 rings (SSSR count). The summed E-state index contributed by atoms with van der Waals surface area (Å²) >= 11 is 0. The predicted octanol–water partition coefficient (Wildman–Crippen LogP) is 3.82. The van der Waals surface area contributed by atoms with Crippen molar-refractivity contribution in [2.75, 3.05) is 6.61 Å². The van der Waals surface area contributed by atoms with E-state index in [1.54, 1.807) is 0 Å². The fraction of sp³-hybridized carbons (Fsp3) is 0.550. The lowest BCUT2D eigenvalue weighted by atomic mass is 9.62. The lowest BCUT2D eigenvalue weighted by Crippen LogP contribution is -2.34. The topological polar surface area (TPSA) is 38.0 Å². The molecule has 0 saturated carbocycles. The monoisotopic (exact) mass is 312 g/mol. The van der Waals surface area contributed by atoms with Crippen molar-refractivity contribution in [2.45, 2.75) is 64.3 Å². The number of benzene rings is 1. The Morgan fingerprint density at radius 1 is 1.04 bits per heavy atom. The standard InChI is InChI=1S/C20H28N2O/c1-19(2)7-8-20(3,4)18-13-16(14-22-10-5-9-21-22)15(6-11-23)12-17(18)19/h5,9-10,12-13,23H,6-8,11,14H2,1-4H3. The fourth-order valence-electron chi connectivity index (χ4n) is 3.77. The first-order valence-electron chi connectivity index (χ1n) is 8.58. The molecule has 3 nitrogen and oxygen atoms in total. The molecule has 0 atom stereocenters. The van der Waals surface area contributed by atoms with Crippen LogP contribution in [0.4, 0.5) is 0 Å². The van der Waals surface area contributed by atoms with E-state index in [-0.39, 0.29) is 17.4 Å². The molecule has 0 amide bonds. The third kappa shape index (κ3) is 3.07. The highest BCUT2D eigenvalue weighted by atomic mass is 16.2. The average Bonchev–Trinajstić information content (AvgIpc) is 2.98. The summed E-state index contributed by atoms with van der Waals surface area (Å²) in [6.45, 7) is 10.4. The van der Waals surface area contributed by atoms with Gasteiger partial charge in [0.25, 0.3) is 0 Å². The molecule has 1 heterocycles. The van der Waals surface area contributed by atoms with Crippen molar-refractivity contribution < 1.29 is 5.11 Å². The summed E-state index contributed by atoms with van der Waals surface area (Å²) in [5, 5.41) is 13.8. The molecule has 23 heavy (non-hydrogen) atoms. The molecular formula is C20H28N2O.